The van der Waals surface area contributed by atoms with Gasteiger partial charge in [-0.15, -0.1) is 0 Å². The second-order valence-electron chi connectivity index (χ2n) is 4.33. The van der Waals surface area contributed by atoms with Gasteiger partial charge in [-0.25, -0.2) is 0 Å². The first kappa shape index (κ1) is 14.0. The fraction of sp³-hybridized carbons (Fsp3) is 0.0667. The number of rotatable bonds is 3. The lowest BCUT2D eigenvalue weighted by Crippen LogP contribution is -2.04. The number of aromatic amines is 1. The van der Waals surface area contributed by atoms with Gasteiger partial charge in [-0.3, -0.25) is 4.79 Å². The van der Waals surface area contributed by atoms with Crippen LogP contribution in [0.4, 0.5) is 0 Å². The van der Waals surface area contributed by atoms with E-state index >= 15 is 0 Å². The highest BCUT2D eigenvalue weighted by molar-refractivity contribution is 9.10. The van der Waals surface area contributed by atoms with Gasteiger partial charge in [0.15, 0.2) is 0 Å². The van der Waals surface area contributed by atoms with Crippen LogP contribution in [0.3, 0.4) is 0 Å². The SMILES string of the molecule is CON=C(c1ccc2[nH]c(=O)sc2c1)c1ccccc1Br. The van der Waals surface area contributed by atoms with Crippen molar-refractivity contribution in [2.75, 3.05) is 7.11 Å². The van der Waals surface area contributed by atoms with E-state index in [1.807, 2.05) is 42.5 Å². The van der Waals surface area contributed by atoms with Crippen molar-refractivity contribution in [3.05, 3.63) is 67.7 Å². The Hall–Kier alpha value is -1.92. The van der Waals surface area contributed by atoms with Gasteiger partial charge in [-0.1, -0.05) is 56.7 Å². The van der Waals surface area contributed by atoms with Crippen molar-refractivity contribution >= 4 is 43.2 Å². The van der Waals surface area contributed by atoms with E-state index < -0.39 is 0 Å². The zero-order chi connectivity index (χ0) is 14.8. The lowest BCUT2D eigenvalue weighted by atomic mass is 10.0. The number of H-pyrrole nitrogens is 1. The van der Waals surface area contributed by atoms with Crippen LogP contribution in [0.2, 0.25) is 0 Å². The Morgan fingerprint density at radius 3 is 2.86 bits per heavy atom. The molecule has 0 aliphatic heterocycles. The highest BCUT2D eigenvalue weighted by atomic mass is 79.9. The van der Waals surface area contributed by atoms with Crippen LogP contribution in [-0.4, -0.2) is 17.8 Å². The summed E-state index contributed by atoms with van der Waals surface area (Å²) in [7, 11) is 1.52. The van der Waals surface area contributed by atoms with E-state index in [2.05, 4.69) is 26.1 Å². The van der Waals surface area contributed by atoms with Gasteiger partial charge < -0.3 is 9.82 Å². The molecule has 0 atom stereocenters. The first-order chi connectivity index (χ1) is 10.2. The minimum absolute atomic E-state index is 0.0618. The number of nitrogens with zero attached hydrogens (tertiary/aromatic N) is 1. The van der Waals surface area contributed by atoms with E-state index in [1.54, 1.807) is 0 Å². The molecule has 1 N–H and O–H groups in total. The molecule has 0 spiro atoms. The minimum Gasteiger partial charge on any atom is -0.399 e. The van der Waals surface area contributed by atoms with Gasteiger partial charge in [0.2, 0.25) is 0 Å². The van der Waals surface area contributed by atoms with Gasteiger partial charge in [-0.2, -0.15) is 0 Å². The maximum absolute atomic E-state index is 11.4. The maximum atomic E-state index is 11.4. The molecule has 4 nitrogen and oxygen atoms in total. The maximum Gasteiger partial charge on any atom is 0.305 e. The Labute approximate surface area is 133 Å². The lowest BCUT2D eigenvalue weighted by molar-refractivity contribution is 0.214. The smallest absolute Gasteiger partial charge is 0.305 e. The fourth-order valence-corrected chi connectivity index (χ4v) is 3.34. The summed E-state index contributed by atoms with van der Waals surface area (Å²) in [5.74, 6) is 0. The average Bonchev–Trinajstić information content (AvgIpc) is 2.85. The Bertz CT molecular complexity index is 883. The van der Waals surface area contributed by atoms with E-state index in [0.717, 1.165) is 25.8 Å². The molecule has 0 saturated heterocycles. The molecule has 21 heavy (non-hydrogen) atoms. The predicted octanol–water partition coefficient (Wildman–Crippen LogP) is 3.75. The molecule has 0 bridgehead atoms. The van der Waals surface area contributed by atoms with Crippen molar-refractivity contribution in [3.63, 3.8) is 0 Å². The number of hydrogen-bond acceptors (Lipinski definition) is 4. The number of aromatic nitrogens is 1. The topological polar surface area (TPSA) is 54.4 Å². The molecule has 0 amide bonds. The van der Waals surface area contributed by atoms with Crippen LogP contribution in [0.25, 0.3) is 10.2 Å². The molecule has 0 unspecified atom stereocenters. The summed E-state index contributed by atoms with van der Waals surface area (Å²) in [6, 6.07) is 13.5. The molecular formula is C15H11BrN2O2S. The van der Waals surface area contributed by atoms with Crippen molar-refractivity contribution in [2.45, 2.75) is 0 Å². The van der Waals surface area contributed by atoms with Crippen molar-refractivity contribution in [2.24, 2.45) is 5.16 Å². The predicted molar refractivity (Wildman–Crippen MR) is 89.2 cm³/mol. The van der Waals surface area contributed by atoms with Crippen LogP contribution in [0.15, 0.2) is 56.9 Å². The van der Waals surface area contributed by atoms with Crippen molar-refractivity contribution < 1.29 is 4.84 Å². The molecule has 3 aromatic rings. The number of fused-ring (bicyclic) bond motifs is 1. The van der Waals surface area contributed by atoms with Gasteiger partial charge in [0.25, 0.3) is 0 Å². The summed E-state index contributed by atoms with van der Waals surface area (Å²) in [6.07, 6.45) is 0. The molecule has 2 aromatic carbocycles. The Balaban J connectivity index is 2.18. The van der Waals surface area contributed by atoms with Crippen molar-refractivity contribution in [3.8, 4) is 0 Å². The largest absolute Gasteiger partial charge is 0.399 e. The van der Waals surface area contributed by atoms with Gasteiger partial charge in [0.1, 0.15) is 12.8 Å². The number of benzene rings is 2. The lowest BCUT2D eigenvalue weighted by Gasteiger charge is -2.08. The Morgan fingerprint density at radius 2 is 2.10 bits per heavy atom. The molecule has 1 heterocycles. The van der Waals surface area contributed by atoms with Crippen LogP contribution < -0.4 is 4.87 Å². The van der Waals surface area contributed by atoms with Crippen LogP contribution in [0.1, 0.15) is 11.1 Å². The third-order valence-electron chi connectivity index (χ3n) is 3.01. The average molecular weight is 363 g/mol. The molecular weight excluding hydrogens is 352 g/mol. The number of hydrogen-bond donors (Lipinski definition) is 1. The molecule has 0 radical (unpaired) electrons. The van der Waals surface area contributed by atoms with Gasteiger partial charge >= 0.3 is 4.87 Å². The first-order valence-corrected chi connectivity index (χ1v) is 7.79. The van der Waals surface area contributed by atoms with E-state index in [9.17, 15) is 4.79 Å². The number of halogens is 1. The van der Waals surface area contributed by atoms with E-state index in [1.165, 1.54) is 18.4 Å². The van der Waals surface area contributed by atoms with E-state index in [4.69, 9.17) is 4.84 Å². The van der Waals surface area contributed by atoms with Crippen LogP contribution in [0.5, 0.6) is 0 Å². The van der Waals surface area contributed by atoms with Gasteiger partial charge in [0.05, 0.1) is 10.2 Å². The minimum atomic E-state index is -0.0618. The number of oxime groups is 1. The zero-order valence-electron chi connectivity index (χ0n) is 11.1. The molecule has 0 fully saturated rings. The first-order valence-electron chi connectivity index (χ1n) is 6.18. The number of nitrogens with one attached hydrogen (secondary N) is 1. The highest BCUT2D eigenvalue weighted by Crippen LogP contribution is 2.23. The molecule has 0 aliphatic carbocycles. The second kappa shape index (κ2) is 5.83. The monoisotopic (exact) mass is 362 g/mol. The van der Waals surface area contributed by atoms with Crippen molar-refractivity contribution in [1.29, 1.82) is 0 Å². The van der Waals surface area contributed by atoms with E-state index in [0.29, 0.717) is 5.71 Å². The van der Waals surface area contributed by atoms with Crippen molar-refractivity contribution in [1.82, 2.24) is 4.98 Å². The fourth-order valence-electron chi connectivity index (χ4n) is 2.09. The van der Waals surface area contributed by atoms with Crippen LogP contribution >= 0.6 is 27.3 Å². The summed E-state index contributed by atoms with van der Waals surface area (Å²) in [4.78, 5) is 19.1. The molecule has 0 aliphatic rings. The van der Waals surface area contributed by atoms with Gasteiger partial charge in [0, 0.05) is 15.6 Å². The molecule has 3 rings (SSSR count). The van der Waals surface area contributed by atoms with Crippen LogP contribution in [0, 0.1) is 0 Å². The van der Waals surface area contributed by atoms with E-state index in [-0.39, 0.29) is 4.87 Å². The Kier molecular flexibility index (Phi) is 3.90. The summed E-state index contributed by atoms with van der Waals surface area (Å²) < 4.78 is 1.83. The highest BCUT2D eigenvalue weighted by Gasteiger charge is 2.12. The summed E-state index contributed by atoms with van der Waals surface area (Å²) in [5.41, 5.74) is 3.37. The molecule has 0 saturated carbocycles. The summed E-state index contributed by atoms with van der Waals surface area (Å²) in [6.45, 7) is 0. The quantitative estimate of drug-likeness (QED) is 0.569. The zero-order valence-corrected chi connectivity index (χ0v) is 13.5. The second-order valence-corrected chi connectivity index (χ2v) is 6.20. The van der Waals surface area contributed by atoms with Crippen LogP contribution in [-0.2, 0) is 4.84 Å². The number of thiazole rings is 1. The summed E-state index contributed by atoms with van der Waals surface area (Å²) >= 11 is 4.71. The third-order valence-corrected chi connectivity index (χ3v) is 4.54. The normalized spacial score (nSPS) is 11.8. The summed E-state index contributed by atoms with van der Waals surface area (Å²) in [5, 5.41) is 4.14. The standard InChI is InChI=1S/C15H11BrN2O2S/c1-20-18-14(10-4-2-3-5-11(10)16)9-6-7-12-13(8-9)21-15(19)17-12/h2-8H,1H3,(H,17,19). The van der Waals surface area contributed by atoms with Gasteiger partial charge in [-0.05, 0) is 18.2 Å². The molecule has 106 valence electrons. The Morgan fingerprint density at radius 1 is 1.29 bits per heavy atom. The molecule has 1 aromatic heterocycles. The third kappa shape index (κ3) is 2.77. The molecule has 6 heteroatoms.